The maximum absolute atomic E-state index is 12.9. The first-order valence-electron chi connectivity index (χ1n) is 10.2. The molecule has 0 unspecified atom stereocenters. The highest BCUT2D eigenvalue weighted by Gasteiger charge is 2.49. The Bertz CT molecular complexity index is 1450. The third-order valence-electron chi connectivity index (χ3n) is 5.05. The average Bonchev–Trinajstić information content (AvgIpc) is 2.83. The number of nitrogen functional groups attached to an aromatic ring is 2. The molecule has 0 spiro atoms. The third kappa shape index (κ3) is 5.55. The molecule has 4 N–H and O–H groups in total. The Balaban J connectivity index is 2.01. The van der Waals surface area contributed by atoms with E-state index < -0.39 is 15.5 Å². The van der Waals surface area contributed by atoms with Gasteiger partial charge in [0.15, 0.2) is 11.5 Å². The van der Waals surface area contributed by atoms with Crippen LogP contribution < -0.4 is 25.2 Å². The minimum Gasteiger partial charge on any atom is -0.493 e. The molecule has 0 bridgehead atoms. The molecule has 36 heavy (non-hydrogen) atoms. The lowest BCUT2D eigenvalue weighted by atomic mass is 10.0. The second-order valence-electron chi connectivity index (χ2n) is 7.41. The van der Waals surface area contributed by atoms with E-state index in [-0.39, 0.29) is 27.3 Å². The summed E-state index contributed by atoms with van der Waals surface area (Å²) >= 11 is 0. The van der Waals surface area contributed by atoms with Gasteiger partial charge < -0.3 is 20.9 Å². The number of anilines is 3. The topological polar surface area (TPSA) is 134 Å². The smallest absolute Gasteiger partial charge is 0.493 e. The number of nitrogens with zero attached hydrogens (tertiary/aromatic N) is 3. The van der Waals surface area contributed by atoms with E-state index in [0.717, 1.165) is 12.6 Å². The summed E-state index contributed by atoms with van der Waals surface area (Å²) in [4.78, 5) is 7.89. The number of benzene rings is 2. The van der Waals surface area contributed by atoms with Crippen LogP contribution in [0, 0.1) is 11.8 Å². The van der Waals surface area contributed by atoms with Gasteiger partial charge in [0, 0.05) is 30.8 Å². The molecule has 190 valence electrons. The monoisotopic (exact) mass is 521 g/mol. The van der Waals surface area contributed by atoms with E-state index in [2.05, 4.69) is 21.8 Å². The Morgan fingerprint density at radius 2 is 1.81 bits per heavy atom. The Morgan fingerprint density at radius 1 is 1.08 bits per heavy atom. The van der Waals surface area contributed by atoms with Crippen LogP contribution in [0.4, 0.5) is 30.6 Å². The Hall–Kier alpha value is -4.18. The summed E-state index contributed by atoms with van der Waals surface area (Å²) in [6, 6.07) is 8.87. The van der Waals surface area contributed by atoms with E-state index in [4.69, 9.17) is 20.9 Å². The number of hydrogen-bond donors (Lipinski definition) is 2. The van der Waals surface area contributed by atoms with Gasteiger partial charge in [-0.15, -0.1) is 0 Å². The van der Waals surface area contributed by atoms with Crippen LogP contribution in [0.15, 0.2) is 42.6 Å². The molecule has 1 aromatic heterocycles. The summed E-state index contributed by atoms with van der Waals surface area (Å²) in [6.07, 6.45) is 1.84. The Morgan fingerprint density at radius 3 is 2.42 bits per heavy atom. The number of sulfonamides is 1. The van der Waals surface area contributed by atoms with Crippen molar-refractivity contribution < 1.29 is 31.1 Å². The lowest BCUT2D eigenvalue weighted by molar-refractivity contribution is -0.0437. The summed E-state index contributed by atoms with van der Waals surface area (Å²) in [7, 11) is -1.84. The molecular formula is C23H22F3N5O4S. The number of halogens is 3. The van der Waals surface area contributed by atoms with E-state index in [0.29, 0.717) is 29.0 Å². The lowest BCUT2D eigenvalue weighted by Crippen LogP contribution is -2.38. The number of nitrogens with two attached hydrogens (primary N) is 2. The fourth-order valence-corrected chi connectivity index (χ4v) is 3.92. The second kappa shape index (κ2) is 10.2. The molecule has 0 atom stereocenters. The number of aromatic nitrogens is 2. The molecule has 2 aromatic carbocycles. The molecule has 9 nitrogen and oxygen atoms in total. The van der Waals surface area contributed by atoms with Crippen molar-refractivity contribution in [1.82, 2.24) is 9.97 Å². The van der Waals surface area contributed by atoms with E-state index in [1.54, 1.807) is 12.1 Å². The first-order chi connectivity index (χ1) is 16.9. The Labute approximate surface area is 205 Å². The van der Waals surface area contributed by atoms with Crippen molar-refractivity contribution in [2.24, 2.45) is 0 Å². The molecule has 3 aromatic rings. The first kappa shape index (κ1) is 26.4. The van der Waals surface area contributed by atoms with Crippen molar-refractivity contribution in [3.63, 3.8) is 0 Å². The van der Waals surface area contributed by atoms with Gasteiger partial charge in [0.1, 0.15) is 5.82 Å². The zero-order valence-electron chi connectivity index (χ0n) is 19.4. The summed E-state index contributed by atoms with van der Waals surface area (Å²) in [6.45, 7) is 0. The minimum absolute atomic E-state index is 0.0472. The maximum atomic E-state index is 12.9. The van der Waals surface area contributed by atoms with E-state index >= 15 is 0 Å². The van der Waals surface area contributed by atoms with E-state index in [9.17, 15) is 21.6 Å². The van der Waals surface area contributed by atoms with Gasteiger partial charge in [0.05, 0.1) is 25.5 Å². The van der Waals surface area contributed by atoms with Crippen molar-refractivity contribution in [3.8, 4) is 23.3 Å². The zero-order valence-corrected chi connectivity index (χ0v) is 20.2. The predicted octanol–water partition coefficient (Wildman–Crippen LogP) is 2.93. The van der Waals surface area contributed by atoms with Gasteiger partial charge in [0.25, 0.3) is 0 Å². The van der Waals surface area contributed by atoms with Gasteiger partial charge in [-0.25, -0.2) is 4.98 Å². The fourth-order valence-electron chi connectivity index (χ4n) is 3.22. The van der Waals surface area contributed by atoms with E-state index in [1.807, 2.05) is 0 Å². The van der Waals surface area contributed by atoms with Crippen LogP contribution in [-0.4, -0.2) is 45.2 Å². The van der Waals surface area contributed by atoms with E-state index in [1.165, 1.54) is 44.7 Å². The van der Waals surface area contributed by atoms with Crippen LogP contribution in [0.3, 0.4) is 0 Å². The molecule has 0 saturated heterocycles. The zero-order chi connectivity index (χ0) is 26.7. The van der Waals surface area contributed by atoms with Gasteiger partial charge in [-0.1, -0.05) is 17.9 Å². The number of ether oxygens (including phenoxy) is 2. The molecule has 0 aliphatic heterocycles. The molecule has 0 amide bonds. The average molecular weight is 522 g/mol. The second-order valence-corrected chi connectivity index (χ2v) is 9.37. The summed E-state index contributed by atoms with van der Waals surface area (Å²) in [5.41, 5.74) is 7.90. The molecule has 0 saturated carbocycles. The van der Waals surface area contributed by atoms with Gasteiger partial charge in [-0.2, -0.15) is 26.6 Å². The number of hydrogen-bond acceptors (Lipinski definition) is 8. The largest absolute Gasteiger partial charge is 0.516 e. The molecule has 0 aliphatic carbocycles. The summed E-state index contributed by atoms with van der Waals surface area (Å²) < 4.78 is 73.3. The molecule has 0 radical (unpaired) electrons. The Kier molecular flexibility index (Phi) is 7.49. The maximum Gasteiger partial charge on any atom is 0.516 e. The number of methoxy groups -OCH3 is 2. The number of alkyl halides is 3. The molecule has 13 heteroatoms. The molecule has 0 fully saturated rings. The highest BCUT2D eigenvalue weighted by Crippen LogP contribution is 2.34. The third-order valence-corrected chi connectivity index (χ3v) is 6.57. The van der Waals surface area contributed by atoms with Crippen LogP contribution >= 0.6 is 0 Å². The van der Waals surface area contributed by atoms with Crippen molar-refractivity contribution >= 4 is 27.5 Å². The van der Waals surface area contributed by atoms with Crippen LogP contribution in [0.2, 0.25) is 0 Å². The van der Waals surface area contributed by atoms with Crippen LogP contribution in [0.1, 0.15) is 22.3 Å². The van der Waals surface area contributed by atoms with Crippen LogP contribution in [0.25, 0.3) is 0 Å². The number of rotatable bonds is 6. The molecular weight excluding hydrogens is 499 g/mol. The normalized spacial score (nSPS) is 11.4. The van der Waals surface area contributed by atoms with Crippen LogP contribution in [-0.2, 0) is 16.4 Å². The minimum atomic E-state index is -5.55. The highest BCUT2D eigenvalue weighted by molar-refractivity contribution is 7.93. The van der Waals surface area contributed by atoms with Crippen LogP contribution in [0.5, 0.6) is 11.5 Å². The summed E-state index contributed by atoms with van der Waals surface area (Å²) in [5, 5.41) is 0. The summed E-state index contributed by atoms with van der Waals surface area (Å²) in [5.74, 6) is 6.73. The molecule has 1 heterocycles. The molecule has 3 rings (SSSR count). The fraction of sp³-hybridized carbons (Fsp3) is 0.217. The quantitative estimate of drug-likeness (QED) is 0.473. The highest BCUT2D eigenvalue weighted by atomic mass is 32.2. The van der Waals surface area contributed by atoms with Crippen molar-refractivity contribution in [2.45, 2.75) is 11.9 Å². The standard InChI is InChI=1S/C23H22F3N5O4S/c1-31(36(32,33)23(24,25)26)18-6-4-5-14(11-18)7-8-16-9-15(12-19(34-2)20(16)35-3)10-17-13-29-22(28)30-21(17)27/h4-6,9,11-13H,10H2,1-3H3,(H4,27,28,29,30). The van der Waals surface area contributed by atoms with Gasteiger partial charge in [-0.3, -0.25) is 4.31 Å². The lowest BCUT2D eigenvalue weighted by Gasteiger charge is -2.20. The SMILES string of the molecule is COc1cc(Cc2cnc(N)nc2N)cc(C#Cc2cccc(N(C)S(=O)(=O)C(F)(F)F)c2)c1OC. The van der Waals surface area contributed by atoms with Gasteiger partial charge >= 0.3 is 15.5 Å². The van der Waals surface area contributed by atoms with Gasteiger partial charge in [0.2, 0.25) is 5.95 Å². The van der Waals surface area contributed by atoms with Crippen molar-refractivity contribution in [3.05, 3.63) is 64.8 Å². The predicted molar refractivity (Wildman–Crippen MR) is 129 cm³/mol. The first-order valence-corrected chi connectivity index (χ1v) is 11.6. The van der Waals surface area contributed by atoms with Crippen molar-refractivity contribution in [2.75, 3.05) is 37.0 Å². The van der Waals surface area contributed by atoms with Crippen molar-refractivity contribution in [1.29, 1.82) is 0 Å². The molecule has 0 aliphatic rings. The van der Waals surface area contributed by atoms with Gasteiger partial charge in [-0.05, 0) is 35.9 Å².